The van der Waals surface area contributed by atoms with E-state index in [1.54, 1.807) is 19.0 Å². The van der Waals surface area contributed by atoms with Crippen molar-refractivity contribution in [3.63, 3.8) is 0 Å². The van der Waals surface area contributed by atoms with Crippen LogP contribution in [0.5, 0.6) is 0 Å². The zero-order chi connectivity index (χ0) is 18.0. The number of piperidine rings is 1. The second-order valence-electron chi connectivity index (χ2n) is 7.24. The van der Waals surface area contributed by atoms with Crippen LogP contribution in [0.25, 0.3) is 0 Å². The van der Waals surface area contributed by atoms with Gasteiger partial charge in [0.1, 0.15) is 6.10 Å². The maximum atomic E-state index is 12.2. The Morgan fingerprint density at radius 1 is 1.24 bits per heavy atom. The van der Waals surface area contributed by atoms with Gasteiger partial charge in [-0.15, -0.1) is 0 Å². The highest BCUT2D eigenvalue weighted by atomic mass is 35.5. The van der Waals surface area contributed by atoms with Crippen LogP contribution in [0.1, 0.15) is 18.4 Å². The molecule has 0 radical (unpaired) electrons. The lowest BCUT2D eigenvalue weighted by Crippen LogP contribution is -2.54. The Balaban J connectivity index is 1.56. The molecule has 6 heteroatoms. The molecule has 0 unspecified atom stereocenters. The number of likely N-dealkylation sites (N-methyl/N-ethyl adjacent to an activating group) is 1. The number of benzene rings is 1. The van der Waals surface area contributed by atoms with Gasteiger partial charge in [-0.3, -0.25) is 9.69 Å². The predicted octanol–water partition coefficient (Wildman–Crippen LogP) is 2.41. The molecular formula is C19H28ClN3O2. The van der Waals surface area contributed by atoms with Gasteiger partial charge in [0.15, 0.2) is 0 Å². The lowest BCUT2D eigenvalue weighted by Gasteiger charge is -2.42. The molecule has 0 aromatic heterocycles. The highest BCUT2D eigenvalue weighted by Gasteiger charge is 2.33. The van der Waals surface area contributed by atoms with E-state index in [4.69, 9.17) is 16.3 Å². The largest absolute Gasteiger partial charge is 0.371 e. The highest BCUT2D eigenvalue weighted by molar-refractivity contribution is 6.31. The summed E-state index contributed by atoms with van der Waals surface area (Å²) < 4.78 is 5.68. The minimum Gasteiger partial charge on any atom is -0.371 e. The van der Waals surface area contributed by atoms with Crippen LogP contribution in [-0.2, 0) is 9.53 Å². The molecule has 1 amide bonds. The van der Waals surface area contributed by atoms with Crippen LogP contribution in [-0.4, -0.2) is 74.7 Å². The zero-order valence-corrected chi connectivity index (χ0v) is 16.1. The summed E-state index contributed by atoms with van der Waals surface area (Å²) in [6, 6.07) is 6.83. The number of carbonyl (C=O) groups excluding carboxylic acids is 1. The molecule has 3 rings (SSSR count). The van der Waals surface area contributed by atoms with Crippen molar-refractivity contribution >= 4 is 23.2 Å². The Morgan fingerprint density at radius 3 is 2.60 bits per heavy atom. The predicted molar refractivity (Wildman–Crippen MR) is 101 cm³/mol. The minimum absolute atomic E-state index is 0.0661. The van der Waals surface area contributed by atoms with Crippen LogP contribution in [0.3, 0.4) is 0 Å². The summed E-state index contributed by atoms with van der Waals surface area (Å²) in [6.07, 6.45) is 1.89. The van der Waals surface area contributed by atoms with Gasteiger partial charge in [0, 0.05) is 57.0 Å². The van der Waals surface area contributed by atoms with Gasteiger partial charge in [-0.25, -0.2) is 0 Å². The van der Waals surface area contributed by atoms with Crippen molar-refractivity contribution in [1.82, 2.24) is 9.80 Å². The van der Waals surface area contributed by atoms with E-state index in [2.05, 4.69) is 28.0 Å². The molecule has 25 heavy (non-hydrogen) atoms. The van der Waals surface area contributed by atoms with Gasteiger partial charge in [0.2, 0.25) is 0 Å². The van der Waals surface area contributed by atoms with Gasteiger partial charge in [-0.05, 0) is 37.5 Å². The highest BCUT2D eigenvalue weighted by Crippen LogP contribution is 2.27. The summed E-state index contributed by atoms with van der Waals surface area (Å²) in [5.74, 6) is 0.0661. The fraction of sp³-hybridized carbons (Fsp3) is 0.632. The van der Waals surface area contributed by atoms with Crippen LogP contribution >= 0.6 is 11.6 Å². The lowest BCUT2D eigenvalue weighted by molar-refractivity contribution is -0.148. The number of nitrogens with zero attached hydrogens (tertiary/aromatic N) is 3. The van der Waals surface area contributed by atoms with Gasteiger partial charge in [-0.2, -0.15) is 0 Å². The summed E-state index contributed by atoms with van der Waals surface area (Å²) in [7, 11) is 3.58. The molecule has 138 valence electrons. The number of aryl methyl sites for hydroxylation is 1. The topological polar surface area (TPSA) is 36.0 Å². The summed E-state index contributed by atoms with van der Waals surface area (Å²) in [5.41, 5.74) is 2.32. The van der Waals surface area contributed by atoms with Gasteiger partial charge in [0.25, 0.3) is 5.91 Å². The molecule has 2 aliphatic heterocycles. The van der Waals surface area contributed by atoms with Crippen molar-refractivity contribution in [2.45, 2.75) is 31.9 Å². The standard InChI is InChI=1S/C19H28ClN3O2/c1-14-4-5-16(12-17(14)20)22-8-6-15(7-9-22)23-10-11-25-18(13-23)19(24)21(2)3/h4-5,12,15,18H,6-11,13H2,1-3H3/t18-/m0/s1. The molecule has 5 nitrogen and oxygen atoms in total. The molecule has 1 aromatic rings. The van der Waals surface area contributed by atoms with E-state index in [0.717, 1.165) is 43.1 Å². The number of halogens is 1. The Labute approximate surface area is 155 Å². The maximum Gasteiger partial charge on any atom is 0.252 e. The van der Waals surface area contributed by atoms with Crippen molar-refractivity contribution in [2.24, 2.45) is 0 Å². The first-order valence-electron chi connectivity index (χ1n) is 9.03. The summed E-state index contributed by atoms with van der Waals surface area (Å²) in [6.45, 7) is 6.33. The molecule has 2 fully saturated rings. The fourth-order valence-corrected chi connectivity index (χ4v) is 3.88. The normalized spacial score (nSPS) is 22.9. The first-order chi connectivity index (χ1) is 12.0. The molecule has 2 saturated heterocycles. The third kappa shape index (κ3) is 4.27. The number of hydrogen-bond acceptors (Lipinski definition) is 4. The van der Waals surface area contributed by atoms with Gasteiger partial charge in [-0.1, -0.05) is 17.7 Å². The molecule has 0 bridgehead atoms. The van der Waals surface area contributed by atoms with Gasteiger partial charge in [0.05, 0.1) is 6.61 Å². The third-order valence-corrected chi connectivity index (χ3v) is 5.72. The van der Waals surface area contributed by atoms with E-state index in [1.165, 1.54) is 5.69 Å². The molecule has 0 N–H and O–H groups in total. The monoisotopic (exact) mass is 365 g/mol. The van der Waals surface area contributed by atoms with Crippen LogP contribution in [0.4, 0.5) is 5.69 Å². The number of hydrogen-bond donors (Lipinski definition) is 0. The van der Waals surface area contributed by atoms with E-state index in [0.29, 0.717) is 19.2 Å². The van der Waals surface area contributed by atoms with E-state index in [9.17, 15) is 4.79 Å². The van der Waals surface area contributed by atoms with Gasteiger partial charge >= 0.3 is 0 Å². The average molecular weight is 366 g/mol. The first-order valence-corrected chi connectivity index (χ1v) is 9.41. The molecule has 2 aliphatic rings. The first kappa shape index (κ1) is 18.5. The molecule has 2 heterocycles. The Kier molecular flexibility index (Phi) is 5.87. The Morgan fingerprint density at radius 2 is 1.96 bits per heavy atom. The molecule has 1 atom stereocenters. The number of amides is 1. The van der Waals surface area contributed by atoms with Crippen LogP contribution < -0.4 is 4.90 Å². The number of carbonyl (C=O) groups is 1. The smallest absolute Gasteiger partial charge is 0.252 e. The second-order valence-corrected chi connectivity index (χ2v) is 7.65. The SMILES string of the molecule is Cc1ccc(N2CCC(N3CCO[C@H](C(=O)N(C)C)C3)CC2)cc1Cl. The summed E-state index contributed by atoms with van der Waals surface area (Å²) in [4.78, 5) is 18.6. The van der Waals surface area contributed by atoms with E-state index in [-0.39, 0.29) is 12.0 Å². The zero-order valence-electron chi connectivity index (χ0n) is 15.4. The summed E-state index contributed by atoms with van der Waals surface area (Å²) in [5, 5.41) is 0.831. The van der Waals surface area contributed by atoms with Gasteiger partial charge < -0.3 is 14.5 Å². The van der Waals surface area contributed by atoms with Crippen molar-refractivity contribution in [1.29, 1.82) is 0 Å². The van der Waals surface area contributed by atoms with Crippen LogP contribution in [0, 0.1) is 6.92 Å². The number of rotatable bonds is 3. The van der Waals surface area contributed by atoms with E-state index in [1.807, 2.05) is 6.92 Å². The molecule has 0 aliphatic carbocycles. The molecule has 1 aromatic carbocycles. The third-order valence-electron chi connectivity index (χ3n) is 5.32. The van der Waals surface area contributed by atoms with E-state index >= 15 is 0 Å². The number of anilines is 1. The molecule has 0 saturated carbocycles. The Bertz CT molecular complexity index is 615. The molecular weight excluding hydrogens is 338 g/mol. The van der Waals surface area contributed by atoms with Crippen LogP contribution in [0.15, 0.2) is 18.2 Å². The van der Waals surface area contributed by atoms with Crippen molar-refractivity contribution in [3.8, 4) is 0 Å². The van der Waals surface area contributed by atoms with Crippen LogP contribution in [0.2, 0.25) is 5.02 Å². The number of ether oxygens (including phenoxy) is 1. The quantitative estimate of drug-likeness (QED) is 0.824. The van der Waals surface area contributed by atoms with Crippen molar-refractivity contribution in [2.75, 3.05) is 51.8 Å². The summed E-state index contributed by atoms with van der Waals surface area (Å²) >= 11 is 6.27. The second kappa shape index (κ2) is 7.94. The molecule has 0 spiro atoms. The lowest BCUT2D eigenvalue weighted by atomic mass is 10.0. The van der Waals surface area contributed by atoms with Crippen molar-refractivity contribution < 1.29 is 9.53 Å². The Hall–Kier alpha value is -1.30. The fourth-order valence-electron chi connectivity index (χ4n) is 3.71. The maximum absolute atomic E-state index is 12.2. The minimum atomic E-state index is -0.322. The average Bonchev–Trinajstić information content (AvgIpc) is 2.63. The number of morpholine rings is 1. The van der Waals surface area contributed by atoms with E-state index < -0.39 is 0 Å². The van der Waals surface area contributed by atoms with Crippen molar-refractivity contribution in [3.05, 3.63) is 28.8 Å².